The van der Waals surface area contributed by atoms with Crippen LogP contribution in [0.25, 0.3) is 0 Å². The lowest BCUT2D eigenvalue weighted by molar-refractivity contribution is -0.130. The first-order valence-electron chi connectivity index (χ1n) is 7.84. The first-order chi connectivity index (χ1) is 12.4. The molecule has 2 aromatic rings. The molecule has 0 saturated carbocycles. The Bertz CT molecular complexity index is 883. The number of hydrazone groups is 1. The highest BCUT2D eigenvalue weighted by molar-refractivity contribution is 6.43. The largest absolute Gasteiger partial charge is 0.304 e. The third-order valence-corrected chi connectivity index (χ3v) is 4.54. The number of nitrogens with zero attached hydrogens (tertiary/aromatic N) is 4. The molecule has 3 rings (SSSR count). The van der Waals surface area contributed by atoms with Crippen LogP contribution >= 0.6 is 23.2 Å². The Balaban J connectivity index is 1.64. The van der Waals surface area contributed by atoms with Crippen molar-refractivity contribution < 1.29 is 9.59 Å². The number of benzene rings is 1. The molecule has 2 heterocycles. The fourth-order valence-electron chi connectivity index (χ4n) is 2.40. The predicted octanol–water partition coefficient (Wildman–Crippen LogP) is 2.92. The Labute approximate surface area is 160 Å². The lowest BCUT2D eigenvalue weighted by Crippen LogP contribution is -2.34. The number of carbonyl (C=O) groups is 2. The quantitative estimate of drug-likeness (QED) is 0.867. The maximum Gasteiger partial charge on any atom is 0.273 e. The number of hydrogen-bond acceptors (Lipinski definition) is 5. The van der Waals surface area contributed by atoms with Crippen LogP contribution in [0.3, 0.4) is 0 Å². The molecule has 1 aliphatic rings. The highest BCUT2D eigenvalue weighted by atomic mass is 35.5. The van der Waals surface area contributed by atoms with Crippen molar-refractivity contribution in [1.82, 2.24) is 15.2 Å². The number of anilines is 1. The number of aromatic nitrogens is 2. The zero-order chi connectivity index (χ0) is 18.7. The van der Waals surface area contributed by atoms with Crippen molar-refractivity contribution in [2.24, 2.45) is 5.10 Å². The normalized spacial score (nSPS) is 14.2. The Kier molecular flexibility index (Phi) is 5.49. The minimum absolute atomic E-state index is 0.118. The van der Waals surface area contributed by atoms with Crippen molar-refractivity contribution in [1.29, 1.82) is 0 Å². The molecule has 134 valence electrons. The van der Waals surface area contributed by atoms with Crippen molar-refractivity contribution >= 4 is 46.5 Å². The van der Waals surface area contributed by atoms with Gasteiger partial charge in [0.15, 0.2) is 5.82 Å². The Hall–Kier alpha value is -2.51. The SMILES string of the molecule is CN1N=C(C(=O)Nc2ccc(Cc3ccc(Cl)c(Cl)c3)nn2)CCC1=O. The van der Waals surface area contributed by atoms with Crippen LogP contribution in [0.4, 0.5) is 5.82 Å². The second kappa shape index (κ2) is 7.80. The standard InChI is InChI=1S/C17H15Cl2N5O2/c1-24-16(25)7-5-14(23-24)17(26)20-15-6-3-11(21-22-15)8-10-2-4-12(18)13(19)9-10/h2-4,6,9H,5,7-8H2,1H3,(H,20,22,26). The van der Waals surface area contributed by atoms with Gasteiger partial charge in [-0.05, 0) is 29.8 Å². The van der Waals surface area contributed by atoms with Gasteiger partial charge in [0.2, 0.25) is 5.91 Å². The predicted molar refractivity (Wildman–Crippen MR) is 99.4 cm³/mol. The minimum Gasteiger partial charge on any atom is -0.304 e. The summed E-state index contributed by atoms with van der Waals surface area (Å²) in [7, 11) is 1.52. The van der Waals surface area contributed by atoms with Crippen molar-refractivity contribution in [2.45, 2.75) is 19.3 Å². The molecule has 1 aromatic carbocycles. The summed E-state index contributed by atoms with van der Waals surface area (Å²) in [4.78, 5) is 23.6. The van der Waals surface area contributed by atoms with Crippen LogP contribution in [-0.2, 0) is 16.0 Å². The number of carbonyl (C=O) groups excluding carboxylic acids is 2. The molecule has 0 atom stereocenters. The summed E-state index contributed by atoms with van der Waals surface area (Å²) >= 11 is 11.9. The first kappa shape index (κ1) is 18.3. The molecule has 0 bridgehead atoms. The number of rotatable bonds is 4. The maximum atomic E-state index is 12.2. The zero-order valence-corrected chi connectivity index (χ0v) is 15.4. The number of hydrogen-bond donors (Lipinski definition) is 1. The molecular formula is C17H15Cl2N5O2. The summed E-state index contributed by atoms with van der Waals surface area (Å²) in [6.45, 7) is 0. The monoisotopic (exact) mass is 391 g/mol. The van der Waals surface area contributed by atoms with Crippen molar-refractivity contribution in [3.63, 3.8) is 0 Å². The Morgan fingerprint density at radius 3 is 2.62 bits per heavy atom. The summed E-state index contributed by atoms with van der Waals surface area (Å²) in [6.07, 6.45) is 1.10. The molecule has 1 N–H and O–H groups in total. The number of nitrogens with one attached hydrogen (secondary N) is 1. The van der Waals surface area contributed by atoms with Crippen LogP contribution in [0.15, 0.2) is 35.4 Å². The van der Waals surface area contributed by atoms with Gasteiger partial charge in [-0.3, -0.25) is 9.59 Å². The number of amides is 2. The smallest absolute Gasteiger partial charge is 0.273 e. The van der Waals surface area contributed by atoms with Crippen LogP contribution in [0.5, 0.6) is 0 Å². The third kappa shape index (κ3) is 4.36. The van der Waals surface area contributed by atoms with E-state index in [0.717, 1.165) is 11.3 Å². The molecule has 0 saturated heterocycles. The van der Waals surface area contributed by atoms with Crippen LogP contribution in [0.2, 0.25) is 10.0 Å². The van der Waals surface area contributed by atoms with Gasteiger partial charge in [-0.25, -0.2) is 5.01 Å². The van der Waals surface area contributed by atoms with Crippen LogP contribution in [-0.4, -0.2) is 39.8 Å². The van der Waals surface area contributed by atoms with Gasteiger partial charge in [-0.1, -0.05) is 29.3 Å². The van der Waals surface area contributed by atoms with Crippen molar-refractivity contribution in [3.8, 4) is 0 Å². The average Bonchev–Trinajstić information content (AvgIpc) is 2.62. The Morgan fingerprint density at radius 2 is 1.96 bits per heavy atom. The van der Waals surface area contributed by atoms with E-state index in [-0.39, 0.29) is 18.0 Å². The molecule has 0 spiro atoms. The van der Waals surface area contributed by atoms with Gasteiger partial charge in [0.25, 0.3) is 5.91 Å². The molecule has 0 unspecified atom stereocenters. The first-order valence-corrected chi connectivity index (χ1v) is 8.60. The lowest BCUT2D eigenvalue weighted by Gasteiger charge is -2.18. The van der Waals surface area contributed by atoms with Gasteiger partial charge in [0.1, 0.15) is 5.71 Å². The van der Waals surface area contributed by atoms with Crippen molar-refractivity contribution in [3.05, 3.63) is 51.6 Å². The van der Waals surface area contributed by atoms with E-state index in [4.69, 9.17) is 23.2 Å². The van der Waals surface area contributed by atoms with E-state index in [1.165, 1.54) is 12.1 Å². The highest BCUT2D eigenvalue weighted by Gasteiger charge is 2.22. The van der Waals surface area contributed by atoms with Gasteiger partial charge in [-0.15, -0.1) is 5.10 Å². The fraction of sp³-hybridized carbons (Fsp3) is 0.235. The van der Waals surface area contributed by atoms with Gasteiger partial charge in [-0.2, -0.15) is 10.2 Å². The fourth-order valence-corrected chi connectivity index (χ4v) is 2.72. The van der Waals surface area contributed by atoms with Crippen LogP contribution in [0, 0.1) is 0 Å². The van der Waals surface area contributed by atoms with E-state index < -0.39 is 5.91 Å². The number of halogens is 2. The zero-order valence-electron chi connectivity index (χ0n) is 13.9. The van der Waals surface area contributed by atoms with E-state index in [0.29, 0.717) is 28.7 Å². The van der Waals surface area contributed by atoms with E-state index in [9.17, 15) is 9.59 Å². The van der Waals surface area contributed by atoms with Crippen LogP contribution in [0.1, 0.15) is 24.1 Å². The van der Waals surface area contributed by atoms with Crippen LogP contribution < -0.4 is 5.32 Å². The summed E-state index contributed by atoms with van der Waals surface area (Å²) in [6, 6.07) is 8.80. The van der Waals surface area contributed by atoms with E-state index in [1.54, 1.807) is 24.3 Å². The van der Waals surface area contributed by atoms with E-state index >= 15 is 0 Å². The lowest BCUT2D eigenvalue weighted by atomic mass is 10.1. The van der Waals surface area contributed by atoms with Gasteiger partial charge in [0, 0.05) is 26.3 Å². The van der Waals surface area contributed by atoms with Gasteiger partial charge < -0.3 is 5.32 Å². The summed E-state index contributed by atoms with van der Waals surface area (Å²) in [5, 5.41) is 16.9. The molecule has 2 amide bonds. The van der Waals surface area contributed by atoms with Gasteiger partial charge in [0.05, 0.1) is 15.7 Å². The summed E-state index contributed by atoms with van der Waals surface area (Å²) in [5.74, 6) is -0.195. The topological polar surface area (TPSA) is 87.6 Å². The summed E-state index contributed by atoms with van der Waals surface area (Å²) in [5.41, 5.74) is 1.96. The van der Waals surface area contributed by atoms with E-state index in [2.05, 4.69) is 20.6 Å². The van der Waals surface area contributed by atoms with Crippen molar-refractivity contribution in [2.75, 3.05) is 12.4 Å². The molecule has 0 fully saturated rings. The molecular weight excluding hydrogens is 377 g/mol. The highest BCUT2D eigenvalue weighted by Crippen LogP contribution is 2.23. The second-order valence-electron chi connectivity index (χ2n) is 5.75. The molecule has 0 radical (unpaired) electrons. The molecule has 26 heavy (non-hydrogen) atoms. The second-order valence-corrected chi connectivity index (χ2v) is 6.57. The molecule has 1 aliphatic heterocycles. The maximum absolute atomic E-state index is 12.2. The van der Waals surface area contributed by atoms with E-state index in [1.807, 2.05) is 6.07 Å². The molecule has 1 aromatic heterocycles. The minimum atomic E-state index is -0.393. The summed E-state index contributed by atoms with van der Waals surface area (Å²) < 4.78 is 0. The third-order valence-electron chi connectivity index (χ3n) is 3.80. The Morgan fingerprint density at radius 1 is 1.15 bits per heavy atom. The van der Waals surface area contributed by atoms with Gasteiger partial charge >= 0.3 is 0 Å². The molecule has 7 nitrogen and oxygen atoms in total. The average molecular weight is 392 g/mol. The molecule has 9 heteroatoms. The molecule has 0 aliphatic carbocycles.